The Morgan fingerprint density at radius 3 is 2.50 bits per heavy atom. The van der Waals surface area contributed by atoms with Crippen LogP contribution >= 0.6 is 12.2 Å². The van der Waals surface area contributed by atoms with Crippen LogP contribution in [0.1, 0.15) is 18.7 Å². The summed E-state index contributed by atoms with van der Waals surface area (Å²) in [4.78, 5) is 4.32. The zero-order chi connectivity index (χ0) is 14.4. The van der Waals surface area contributed by atoms with Crippen molar-refractivity contribution in [2.45, 2.75) is 13.0 Å². The minimum absolute atomic E-state index is 0.0803. The van der Waals surface area contributed by atoms with E-state index >= 15 is 0 Å². The second kappa shape index (κ2) is 6.98. The van der Waals surface area contributed by atoms with Gasteiger partial charge in [-0.05, 0) is 43.4 Å². The van der Waals surface area contributed by atoms with Crippen molar-refractivity contribution < 1.29 is 0 Å². The van der Waals surface area contributed by atoms with Crippen LogP contribution in [-0.2, 0) is 0 Å². The maximum atomic E-state index is 5.36. The van der Waals surface area contributed by atoms with Gasteiger partial charge in [-0.1, -0.05) is 24.3 Å². The Bertz CT molecular complexity index is 544. The predicted molar refractivity (Wildman–Crippen MR) is 86.2 cm³/mol. The maximum Gasteiger partial charge on any atom is 0.187 e. The molecule has 1 aromatic carbocycles. The molecule has 2 aromatic rings. The largest absolute Gasteiger partial charge is 0.332 e. The summed E-state index contributed by atoms with van der Waals surface area (Å²) in [5, 5.41) is 5.58. The van der Waals surface area contributed by atoms with E-state index in [0.29, 0.717) is 5.11 Å². The third kappa shape index (κ3) is 4.01. The molecule has 0 amide bonds. The fourth-order valence-corrected chi connectivity index (χ4v) is 1.95. The van der Waals surface area contributed by atoms with E-state index in [1.54, 1.807) is 11.2 Å². The zero-order valence-electron chi connectivity index (χ0n) is 11.6. The van der Waals surface area contributed by atoms with Crippen molar-refractivity contribution in [1.29, 1.82) is 0 Å². The van der Waals surface area contributed by atoms with E-state index in [9.17, 15) is 0 Å². The molecule has 4 nitrogen and oxygen atoms in total. The number of nitrogens with one attached hydrogen (secondary N) is 2. The number of pyridine rings is 1. The van der Waals surface area contributed by atoms with E-state index in [4.69, 9.17) is 12.2 Å². The van der Waals surface area contributed by atoms with Gasteiger partial charge in [0.2, 0.25) is 0 Å². The molecule has 0 radical (unpaired) electrons. The van der Waals surface area contributed by atoms with E-state index in [-0.39, 0.29) is 6.04 Å². The number of hydrazine groups is 1. The Hall–Kier alpha value is -1.98. The van der Waals surface area contributed by atoms with Gasteiger partial charge in [0.1, 0.15) is 0 Å². The van der Waals surface area contributed by atoms with Crippen LogP contribution in [-0.4, -0.2) is 22.2 Å². The van der Waals surface area contributed by atoms with Gasteiger partial charge >= 0.3 is 0 Å². The molecular formula is C15H18N4S. The van der Waals surface area contributed by atoms with Crippen molar-refractivity contribution in [1.82, 2.24) is 15.4 Å². The summed E-state index contributed by atoms with van der Waals surface area (Å²) in [6.45, 7) is 2.05. The molecule has 1 heterocycles. The Kier molecular flexibility index (Phi) is 5.03. The molecule has 0 saturated heterocycles. The third-order valence-electron chi connectivity index (χ3n) is 2.85. The fourth-order valence-electron chi connectivity index (χ4n) is 1.78. The number of rotatable bonds is 4. The lowest BCUT2D eigenvalue weighted by Crippen LogP contribution is -2.43. The Morgan fingerprint density at radius 1 is 1.15 bits per heavy atom. The highest BCUT2D eigenvalue weighted by molar-refractivity contribution is 7.80. The number of anilines is 1. The van der Waals surface area contributed by atoms with Gasteiger partial charge in [-0.25, -0.2) is 5.43 Å². The number of aromatic nitrogens is 1. The SMILES string of the molecule is C[C@H](NN(C)C(=S)Nc1ccccc1)c1ccccn1. The summed E-state index contributed by atoms with van der Waals surface area (Å²) >= 11 is 5.36. The lowest BCUT2D eigenvalue weighted by Gasteiger charge is -2.25. The minimum Gasteiger partial charge on any atom is -0.332 e. The summed E-state index contributed by atoms with van der Waals surface area (Å²) in [5.41, 5.74) is 5.23. The fraction of sp³-hybridized carbons (Fsp3) is 0.200. The Labute approximate surface area is 124 Å². The molecule has 1 atom stereocenters. The van der Waals surface area contributed by atoms with E-state index in [2.05, 4.69) is 15.7 Å². The predicted octanol–water partition coefficient (Wildman–Crippen LogP) is 2.98. The summed E-state index contributed by atoms with van der Waals surface area (Å²) in [6.07, 6.45) is 1.79. The third-order valence-corrected chi connectivity index (χ3v) is 3.22. The number of para-hydroxylation sites is 1. The van der Waals surface area contributed by atoms with E-state index in [0.717, 1.165) is 11.4 Å². The second-order valence-corrected chi connectivity index (χ2v) is 4.85. The number of hydrogen-bond acceptors (Lipinski definition) is 3. The molecule has 2 rings (SSSR count). The van der Waals surface area contributed by atoms with E-state index < -0.39 is 0 Å². The van der Waals surface area contributed by atoms with E-state index in [1.807, 2.05) is 62.5 Å². The molecule has 0 saturated carbocycles. The molecule has 0 aliphatic heterocycles. The molecular weight excluding hydrogens is 268 g/mol. The molecule has 20 heavy (non-hydrogen) atoms. The summed E-state index contributed by atoms with van der Waals surface area (Å²) < 4.78 is 0. The monoisotopic (exact) mass is 286 g/mol. The second-order valence-electron chi connectivity index (χ2n) is 4.46. The summed E-state index contributed by atoms with van der Waals surface area (Å²) in [6, 6.07) is 15.8. The average Bonchev–Trinajstić information content (AvgIpc) is 2.49. The number of hydrogen-bond donors (Lipinski definition) is 2. The zero-order valence-corrected chi connectivity index (χ0v) is 12.4. The van der Waals surface area contributed by atoms with Gasteiger partial charge in [0.15, 0.2) is 5.11 Å². The first-order chi connectivity index (χ1) is 9.66. The quantitative estimate of drug-likeness (QED) is 0.668. The van der Waals surface area contributed by atoms with Crippen LogP contribution in [0.5, 0.6) is 0 Å². The topological polar surface area (TPSA) is 40.2 Å². The highest BCUT2D eigenvalue weighted by Crippen LogP contribution is 2.10. The molecule has 0 aliphatic carbocycles. The van der Waals surface area contributed by atoms with Crippen LogP contribution in [0.25, 0.3) is 0 Å². The van der Waals surface area contributed by atoms with Crippen molar-refractivity contribution >= 4 is 23.0 Å². The Morgan fingerprint density at radius 2 is 1.85 bits per heavy atom. The van der Waals surface area contributed by atoms with Crippen molar-refractivity contribution in [3.05, 3.63) is 60.4 Å². The minimum atomic E-state index is 0.0803. The van der Waals surface area contributed by atoms with Crippen LogP contribution in [0.4, 0.5) is 5.69 Å². The van der Waals surface area contributed by atoms with Crippen molar-refractivity contribution in [2.24, 2.45) is 0 Å². The van der Waals surface area contributed by atoms with Crippen LogP contribution in [0.15, 0.2) is 54.7 Å². The highest BCUT2D eigenvalue weighted by atomic mass is 32.1. The van der Waals surface area contributed by atoms with Crippen molar-refractivity contribution in [3.8, 4) is 0 Å². The van der Waals surface area contributed by atoms with Crippen LogP contribution in [0, 0.1) is 0 Å². The number of nitrogens with zero attached hydrogens (tertiary/aromatic N) is 2. The first kappa shape index (κ1) is 14.4. The van der Waals surface area contributed by atoms with Crippen LogP contribution in [0.2, 0.25) is 0 Å². The maximum absolute atomic E-state index is 5.36. The first-order valence-corrected chi connectivity index (χ1v) is 6.84. The normalized spacial score (nSPS) is 11.7. The molecule has 0 unspecified atom stereocenters. The van der Waals surface area contributed by atoms with Crippen molar-refractivity contribution in [3.63, 3.8) is 0 Å². The van der Waals surface area contributed by atoms with Gasteiger partial charge in [-0.15, -0.1) is 0 Å². The molecule has 0 bridgehead atoms. The molecule has 0 spiro atoms. The lowest BCUT2D eigenvalue weighted by molar-refractivity contribution is 0.319. The molecule has 0 aliphatic rings. The van der Waals surface area contributed by atoms with Gasteiger partial charge in [0.05, 0.1) is 11.7 Å². The van der Waals surface area contributed by atoms with Gasteiger partial charge in [0.25, 0.3) is 0 Å². The highest BCUT2D eigenvalue weighted by Gasteiger charge is 2.10. The van der Waals surface area contributed by atoms with E-state index in [1.165, 1.54) is 0 Å². The summed E-state index contributed by atoms with van der Waals surface area (Å²) in [5.74, 6) is 0. The van der Waals surface area contributed by atoms with Gasteiger partial charge < -0.3 is 5.32 Å². The smallest absolute Gasteiger partial charge is 0.187 e. The van der Waals surface area contributed by atoms with Gasteiger partial charge in [-0.3, -0.25) is 9.99 Å². The molecule has 0 fully saturated rings. The van der Waals surface area contributed by atoms with Crippen LogP contribution in [0.3, 0.4) is 0 Å². The molecule has 104 valence electrons. The molecule has 1 aromatic heterocycles. The first-order valence-electron chi connectivity index (χ1n) is 6.43. The van der Waals surface area contributed by atoms with Gasteiger partial charge in [-0.2, -0.15) is 0 Å². The standard InChI is InChI=1S/C15H18N4S/c1-12(14-10-6-7-11-16-14)18-19(2)15(20)17-13-8-4-3-5-9-13/h3-12,18H,1-2H3,(H,17,20)/t12-/m0/s1. The molecule has 2 N–H and O–H groups in total. The van der Waals surface area contributed by atoms with Crippen LogP contribution < -0.4 is 10.7 Å². The van der Waals surface area contributed by atoms with Crippen molar-refractivity contribution in [2.75, 3.05) is 12.4 Å². The van der Waals surface area contributed by atoms with Gasteiger partial charge in [0, 0.05) is 18.9 Å². The number of benzene rings is 1. The molecule has 5 heteroatoms. The average molecular weight is 286 g/mol. The lowest BCUT2D eigenvalue weighted by atomic mass is 10.2. The Balaban J connectivity index is 1.91. The summed E-state index contributed by atoms with van der Waals surface area (Å²) in [7, 11) is 1.89. The number of thiocarbonyl (C=S) groups is 1.